The highest BCUT2D eigenvalue weighted by Crippen LogP contribution is 2.35. The molecule has 1 aliphatic heterocycles. The predicted molar refractivity (Wildman–Crippen MR) is 120 cm³/mol. The van der Waals surface area contributed by atoms with Gasteiger partial charge in [-0.25, -0.2) is 0 Å². The SMILES string of the molecule is CC(C)Cn1cc(/C=C2\SC(=S)N(Cc3cccnc3)C2=O)c2ccccc21. The zero-order valence-corrected chi connectivity index (χ0v) is 17.5. The number of carbonyl (C=O) groups excluding carboxylic acids is 1. The van der Waals surface area contributed by atoms with Crippen LogP contribution in [0.1, 0.15) is 25.0 Å². The van der Waals surface area contributed by atoms with Gasteiger partial charge in [0.05, 0.1) is 11.4 Å². The van der Waals surface area contributed by atoms with Crippen molar-refractivity contribution in [2.75, 3.05) is 0 Å². The number of amides is 1. The fraction of sp³-hybridized carbons (Fsp3) is 0.227. The Labute approximate surface area is 174 Å². The number of hydrogen-bond acceptors (Lipinski definition) is 4. The molecule has 0 bridgehead atoms. The van der Waals surface area contributed by atoms with Crippen molar-refractivity contribution in [1.82, 2.24) is 14.5 Å². The molecule has 1 aromatic carbocycles. The van der Waals surface area contributed by atoms with Crippen molar-refractivity contribution in [3.63, 3.8) is 0 Å². The summed E-state index contributed by atoms with van der Waals surface area (Å²) in [5, 5.41) is 1.15. The normalized spacial score (nSPS) is 16.1. The molecule has 1 aliphatic rings. The van der Waals surface area contributed by atoms with E-state index >= 15 is 0 Å². The predicted octanol–water partition coefficient (Wildman–Crippen LogP) is 5.09. The molecule has 0 N–H and O–H groups in total. The Morgan fingerprint density at radius 1 is 1.21 bits per heavy atom. The van der Waals surface area contributed by atoms with E-state index in [2.05, 4.69) is 47.8 Å². The highest BCUT2D eigenvalue weighted by molar-refractivity contribution is 8.26. The first kappa shape index (κ1) is 18.9. The molecule has 2 aromatic heterocycles. The van der Waals surface area contributed by atoms with Gasteiger partial charge in [0.15, 0.2) is 0 Å². The minimum Gasteiger partial charge on any atom is -0.347 e. The van der Waals surface area contributed by atoms with Gasteiger partial charge in [-0.15, -0.1) is 0 Å². The van der Waals surface area contributed by atoms with Gasteiger partial charge in [-0.05, 0) is 29.7 Å². The molecule has 1 saturated heterocycles. The second-order valence-corrected chi connectivity index (χ2v) is 8.95. The van der Waals surface area contributed by atoms with Gasteiger partial charge in [-0.1, -0.05) is 62.1 Å². The molecule has 142 valence electrons. The molecule has 3 heterocycles. The number of nitrogens with zero attached hydrogens (tertiary/aromatic N) is 3. The van der Waals surface area contributed by atoms with E-state index in [4.69, 9.17) is 12.2 Å². The molecule has 3 aromatic rings. The number of pyridine rings is 1. The zero-order valence-electron chi connectivity index (χ0n) is 15.8. The molecule has 4 nitrogen and oxygen atoms in total. The smallest absolute Gasteiger partial charge is 0.266 e. The summed E-state index contributed by atoms with van der Waals surface area (Å²) in [4.78, 5) is 19.4. The number of thioether (sulfide) groups is 1. The number of thiocarbonyl (C=S) groups is 1. The average molecular weight is 408 g/mol. The molecule has 28 heavy (non-hydrogen) atoms. The van der Waals surface area contributed by atoms with Crippen LogP contribution in [0.2, 0.25) is 0 Å². The Bertz CT molecular complexity index is 1070. The second-order valence-electron chi connectivity index (χ2n) is 7.28. The van der Waals surface area contributed by atoms with Gasteiger partial charge < -0.3 is 4.57 Å². The van der Waals surface area contributed by atoms with Gasteiger partial charge in [0.2, 0.25) is 0 Å². The molecular weight excluding hydrogens is 386 g/mol. The Morgan fingerprint density at radius 2 is 2.04 bits per heavy atom. The van der Waals surface area contributed by atoms with Crippen molar-refractivity contribution in [2.45, 2.75) is 26.9 Å². The van der Waals surface area contributed by atoms with Crippen LogP contribution in [0.25, 0.3) is 17.0 Å². The molecule has 4 rings (SSSR count). The highest BCUT2D eigenvalue weighted by Gasteiger charge is 2.32. The lowest BCUT2D eigenvalue weighted by Crippen LogP contribution is -2.27. The first-order valence-electron chi connectivity index (χ1n) is 9.25. The van der Waals surface area contributed by atoms with Crippen molar-refractivity contribution in [2.24, 2.45) is 5.92 Å². The number of benzene rings is 1. The van der Waals surface area contributed by atoms with Crippen LogP contribution in [0.3, 0.4) is 0 Å². The lowest BCUT2D eigenvalue weighted by molar-refractivity contribution is -0.122. The molecule has 0 aliphatic carbocycles. The van der Waals surface area contributed by atoms with Crippen LogP contribution in [-0.4, -0.2) is 24.7 Å². The first-order valence-corrected chi connectivity index (χ1v) is 10.5. The van der Waals surface area contributed by atoms with Gasteiger partial charge in [0, 0.05) is 41.6 Å². The van der Waals surface area contributed by atoms with Crippen LogP contribution < -0.4 is 0 Å². The third-order valence-corrected chi connectivity index (χ3v) is 5.98. The van der Waals surface area contributed by atoms with Gasteiger partial charge in [0.1, 0.15) is 4.32 Å². The van der Waals surface area contributed by atoms with E-state index < -0.39 is 0 Å². The average Bonchev–Trinajstić information content (AvgIpc) is 3.15. The van der Waals surface area contributed by atoms with Crippen molar-refractivity contribution < 1.29 is 4.79 Å². The van der Waals surface area contributed by atoms with Crippen LogP contribution in [0.15, 0.2) is 59.9 Å². The summed E-state index contributed by atoms with van der Waals surface area (Å²) >= 11 is 6.84. The monoisotopic (exact) mass is 407 g/mol. The van der Waals surface area contributed by atoms with E-state index in [0.717, 1.165) is 23.1 Å². The van der Waals surface area contributed by atoms with Crippen molar-refractivity contribution in [3.05, 3.63) is 71.0 Å². The van der Waals surface area contributed by atoms with Crippen LogP contribution in [0.4, 0.5) is 0 Å². The molecule has 0 unspecified atom stereocenters. The third-order valence-electron chi connectivity index (χ3n) is 4.60. The number of para-hydroxylation sites is 1. The summed E-state index contributed by atoms with van der Waals surface area (Å²) in [6.07, 6.45) is 7.60. The van der Waals surface area contributed by atoms with Crippen molar-refractivity contribution in [1.29, 1.82) is 0 Å². The maximum Gasteiger partial charge on any atom is 0.266 e. The number of aromatic nitrogens is 2. The Hall–Kier alpha value is -2.44. The number of fused-ring (bicyclic) bond motifs is 1. The second kappa shape index (κ2) is 7.89. The van der Waals surface area contributed by atoms with Gasteiger partial charge in [0.25, 0.3) is 5.91 Å². The van der Waals surface area contributed by atoms with Crippen molar-refractivity contribution >= 4 is 51.2 Å². The molecule has 0 saturated carbocycles. The summed E-state index contributed by atoms with van der Waals surface area (Å²) < 4.78 is 2.85. The summed E-state index contributed by atoms with van der Waals surface area (Å²) in [5.41, 5.74) is 3.21. The minimum atomic E-state index is -0.0421. The molecule has 1 fully saturated rings. The third kappa shape index (κ3) is 3.75. The van der Waals surface area contributed by atoms with E-state index in [1.54, 1.807) is 17.3 Å². The van der Waals surface area contributed by atoms with Gasteiger partial charge in [-0.3, -0.25) is 14.7 Å². The zero-order chi connectivity index (χ0) is 19.7. The van der Waals surface area contributed by atoms with Crippen LogP contribution in [0.5, 0.6) is 0 Å². The summed E-state index contributed by atoms with van der Waals surface area (Å²) in [5.74, 6) is 0.501. The summed E-state index contributed by atoms with van der Waals surface area (Å²) in [6.45, 7) is 5.80. The van der Waals surface area contributed by atoms with Gasteiger partial charge in [-0.2, -0.15) is 0 Å². The van der Waals surface area contributed by atoms with Crippen LogP contribution >= 0.6 is 24.0 Å². The standard InChI is InChI=1S/C22H21N3OS2/c1-15(2)12-24-14-17(18-7-3-4-8-19(18)24)10-20-21(26)25(22(27)28-20)13-16-6-5-9-23-11-16/h3-11,14-15H,12-13H2,1-2H3/b20-10-. The number of carbonyl (C=O) groups is 1. The lowest BCUT2D eigenvalue weighted by Gasteiger charge is -2.13. The van der Waals surface area contributed by atoms with Crippen LogP contribution in [0, 0.1) is 5.92 Å². The maximum atomic E-state index is 13.0. The first-order chi connectivity index (χ1) is 13.5. The summed E-state index contributed by atoms with van der Waals surface area (Å²) in [7, 11) is 0. The Balaban J connectivity index is 1.66. The summed E-state index contributed by atoms with van der Waals surface area (Å²) in [6, 6.07) is 12.1. The highest BCUT2D eigenvalue weighted by atomic mass is 32.2. The lowest BCUT2D eigenvalue weighted by atomic mass is 10.1. The molecule has 0 spiro atoms. The van der Waals surface area contributed by atoms with Crippen molar-refractivity contribution in [3.8, 4) is 0 Å². The molecular formula is C22H21N3OS2. The maximum absolute atomic E-state index is 13.0. The van der Waals surface area contributed by atoms with E-state index in [9.17, 15) is 4.79 Å². The van der Waals surface area contributed by atoms with E-state index in [-0.39, 0.29) is 5.91 Å². The number of hydrogen-bond donors (Lipinski definition) is 0. The Kier molecular flexibility index (Phi) is 5.33. The van der Waals surface area contributed by atoms with Gasteiger partial charge >= 0.3 is 0 Å². The topological polar surface area (TPSA) is 38.1 Å². The molecule has 6 heteroatoms. The molecule has 1 amide bonds. The molecule has 0 atom stereocenters. The number of rotatable bonds is 5. The minimum absolute atomic E-state index is 0.0421. The van der Waals surface area contributed by atoms with E-state index in [0.29, 0.717) is 21.7 Å². The quantitative estimate of drug-likeness (QED) is 0.436. The Morgan fingerprint density at radius 3 is 2.79 bits per heavy atom. The largest absolute Gasteiger partial charge is 0.347 e. The fourth-order valence-electron chi connectivity index (χ4n) is 3.39. The molecule has 0 radical (unpaired) electrons. The van der Waals surface area contributed by atoms with E-state index in [1.807, 2.05) is 24.3 Å². The fourth-order valence-corrected chi connectivity index (χ4v) is 4.63. The van der Waals surface area contributed by atoms with Crippen LogP contribution in [-0.2, 0) is 17.9 Å². The van der Waals surface area contributed by atoms with E-state index in [1.165, 1.54) is 17.3 Å².